The molecule has 6 heteroatoms. The number of para-hydroxylation sites is 2. The van der Waals surface area contributed by atoms with E-state index in [-0.39, 0.29) is 11.9 Å². The van der Waals surface area contributed by atoms with E-state index in [2.05, 4.69) is 34.9 Å². The fourth-order valence-electron chi connectivity index (χ4n) is 5.61. The van der Waals surface area contributed by atoms with E-state index in [0.717, 1.165) is 33.4 Å². The number of amides is 2. The lowest BCUT2D eigenvalue weighted by Crippen LogP contribution is -2.52. The highest BCUT2D eigenvalue weighted by Gasteiger charge is 2.37. The maximum atomic E-state index is 13.3. The normalized spacial score (nSPS) is 17.6. The third-order valence-corrected chi connectivity index (χ3v) is 7.51. The molecule has 0 aliphatic carbocycles. The van der Waals surface area contributed by atoms with Gasteiger partial charge in [0.05, 0.1) is 17.5 Å². The molecule has 2 N–H and O–H groups in total. The summed E-state index contributed by atoms with van der Waals surface area (Å²) >= 11 is 0. The van der Waals surface area contributed by atoms with Crippen LogP contribution in [-0.4, -0.2) is 38.9 Å². The standard InChI is InChI=1S/C32H29N4O2/c33-31(38)29-21-26(36-28-13-7-6-12-27(28)34-32(36)24-9-2-1-3-10-24)18-19-35(29)30(37)17-15-22-14-16-23-8-4-5-11-25(23)20-22/h1-14,16-17,20,26,29H,15,18-19,21H2,(H2,33,38). The van der Waals surface area contributed by atoms with Gasteiger partial charge in [-0.05, 0) is 47.7 Å². The van der Waals surface area contributed by atoms with Crippen LogP contribution in [0.1, 0.15) is 24.4 Å². The molecule has 6 nitrogen and oxygen atoms in total. The average Bonchev–Trinajstić information content (AvgIpc) is 3.35. The summed E-state index contributed by atoms with van der Waals surface area (Å²) in [7, 11) is 0. The maximum absolute atomic E-state index is 13.3. The molecule has 1 radical (unpaired) electrons. The average molecular weight is 502 g/mol. The number of piperidine rings is 1. The van der Waals surface area contributed by atoms with E-state index in [1.807, 2.05) is 66.7 Å². The zero-order chi connectivity index (χ0) is 26.1. The molecule has 1 saturated heterocycles. The van der Waals surface area contributed by atoms with Gasteiger partial charge in [0.15, 0.2) is 0 Å². The Morgan fingerprint density at radius 2 is 1.63 bits per heavy atom. The van der Waals surface area contributed by atoms with Crippen molar-refractivity contribution in [2.24, 2.45) is 5.73 Å². The van der Waals surface area contributed by atoms with E-state index in [4.69, 9.17) is 10.7 Å². The predicted octanol–water partition coefficient (Wildman–Crippen LogP) is 5.32. The van der Waals surface area contributed by atoms with Gasteiger partial charge in [0.2, 0.25) is 11.8 Å². The third-order valence-electron chi connectivity index (χ3n) is 7.51. The summed E-state index contributed by atoms with van der Waals surface area (Å²) in [6, 6.07) is 31.8. The SMILES string of the molecule is NC(=O)C1CC(n2c(-c3ccccc3)nc3ccccc32)CCN1C(=O)[CH]Cc1ccc2ccccc2c1. The molecular formula is C32H29N4O2. The summed E-state index contributed by atoms with van der Waals surface area (Å²) in [6.07, 6.45) is 3.33. The Kier molecular flexibility index (Phi) is 6.38. The number of benzene rings is 4. The highest BCUT2D eigenvalue weighted by molar-refractivity contribution is 5.91. The quantitative estimate of drug-likeness (QED) is 0.342. The van der Waals surface area contributed by atoms with Crippen LogP contribution in [0.5, 0.6) is 0 Å². The largest absolute Gasteiger partial charge is 0.368 e. The second kappa shape index (κ2) is 10.1. The van der Waals surface area contributed by atoms with E-state index in [1.54, 1.807) is 11.3 Å². The van der Waals surface area contributed by atoms with Crippen molar-refractivity contribution in [3.63, 3.8) is 0 Å². The number of nitrogens with two attached hydrogens (primary N) is 1. The van der Waals surface area contributed by atoms with Crippen molar-refractivity contribution < 1.29 is 9.59 Å². The van der Waals surface area contributed by atoms with E-state index in [9.17, 15) is 9.59 Å². The number of nitrogens with zero attached hydrogens (tertiary/aromatic N) is 3. The molecule has 38 heavy (non-hydrogen) atoms. The summed E-state index contributed by atoms with van der Waals surface area (Å²) < 4.78 is 2.22. The summed E-state index contributed by atoms with van der Waals surface area (Å²) in [5, 5.41) is 2.31. The van der Waals surface area contributed by atoms with Crippen LogP contribution < -0.4 is 5.73 Å². The van der Waals surface area contributed by atoms with Gasteiger partial charge in [0, 0.05) is 18.2 Å². The molecule has 5 aromatic rings. The van der Waals surface area contributed by atoms with Gasteiger partial charge in [-0.25, -0.2) is 4.98 Å². The predicted molar refractivity (Wildman–Crippen MR) is 150 cm³/mol. The number of imidazole rings is 1. The van der Waals surface area contributed by atoms with Crippen LogP contribution in [0.15, 0.2) is 97.1 Å². The molecule has 4 aromatic carbocycles. The first-order valence-electron chi connectivity index (χ1n) is 13.0. The van der Waals surface area contributed by atoms with Gasteiger partial charge >= 0.3 is 0 Å². The summed E-state index contributed by atoms with van der Waals surface area (Å²) in [4.78, 5) is 32.5. The zero-order valence-corrected chi connectivity index (χ0v) is 21.0. The van der Waals surface area contributed by atoms with Gasteiger partial charge in [-0.15, -0.1) is 0 Å². The molecule has 1 aromatic heterocycles. The maximum Gasteiger partial charge on any atom is 0.240 e. The van der Waals surface area contributed by atoms with Crippen molar-refractivity contribution >= 4 is 33.6 Å². The molecule has 0 saturated carbocycles. The number of fused-ring (bicyclic) bond motifs is 2. The Hall–Kier alpha value is -4.45. The Bertz CT molecular complexity index is 1620. The minimum atomic E-state index is -0.682. The van der Waals surface area contributed by atoms with Crippen molar-refractivity contribution in [1.29, 1.82) is 0 Å². The number of likely N-dealkylation sites (tertiary alicyclic amines) is 1. The van der Waals surface area contributed by atoms with Gasteiger partial charge in [0.25, 0.3) is 0 Å². The van der Waals surface area contributed by atoms with Crippen LogP contribution in [0.3, 0.4) is 0 Å². The van der Waals surface area contributed by atoms with E-state index >= 15 is 0 Å². The Morgan fingerprint density at radius 1 is 0.895 bits per heavy atom. The number of rotatable bonds is 6. The van der Waals surface area contributed by atoms with Crippen LogP contribution in [0.2, 0.25) is 0 Å². The third kappa shape index (κ3) is 4.54. The molecule has 1 aliphatic rings. The number of hydrogen-bond donors (Lipinski definition) is 1. The molecule has 2 amide bonds. The number of carbonyl (C=O) groups excluding carboxylic acids is 2. The topological polar surface area (TPSA) is 81.2 Å². The molecule has 2 unspecified atom stereocenters. The zero-order valence-electron chi connectivity index (χ0n) is 21.0. The molecule has 0 spiro atoms. The number of hydrogen-bond acceptors (Lipinski definition) is 3. The molecule has 1 aliphatic heterocycles. The number of aromatic nitrogens is 2. The van der Waals surface area contributed by atoms with Gasteiger partial charge < -0.3 is 15.2 Å². The second-order valence-corrected chi connectivity index (χ2v) is 9.88. The fraction of sp³-hybridized carbons (Fsp3) is 0.188. The van der Waals surface area contributed by atoms with E-state index in [1.165, 1.54) is 5.39 Å². The lowest BCUT2D eigenvalue weighted by molar-refractivity contribution is -0.139. The second-order valence-electron chi connectivity index (χ2n) is 9.88. The molecule has 6 rings (SSSR count). The highest BCUT2D eigenvalue weighted by atomic mass is 16.2. The molecule has 0 bridgehead atoms. The van der Waals surface area contributed by atoms with Crippen molar-refractivity contribution in [2.75, 3.05) is 6.54 Å². The Morgan fingerprint density at radius 3 is 2.45 bits per heavy atom. The van der Waals surface area contributed by atoms with Gasteiger partial charge in [-0.2, -0.15) is 0 Å². The Labute approximate surface area is 221 Å². The van der Waals surface area contributed by atoms with Gasteiger partial charge in [-0.3, -0.25) is 9.59 Å². The lowest BCUT2D eigenvalue weighted by Gasteiger charge is -2.39. The van der Waals surface area contributed by atoms with Gasteiger partial charge in [-0.1, -0.05) is 84.9 Å². The minimum absolute atomic E-state index is 0.0142. The number of primary amides is 1. The first kappa shape index (κ1) is 23.9. The summed E-state index contributed by atoms with van der Waals surface area (Å²) in [6.45, 7) is 0.450. The van der Waals surface area contributed by atoms with Crippen LogP contribution in [-0.2, 0) is 16.0 Å². The Balaban J connectivity index is 1.23. The summed E-state index contributed by atoms with van der Waals surface area (Å²) in [5.41, 5.74) is 9.86. The van der Waals surface area contributed by atoms with Crippen molar-refractivity contribution in [3.05, 3.63) is 109 Å². The van der Waals surface area contributed by atoms with E-state index < -0.39 is 11.9 Å². The van der Waals surface area contributed by atoms with Crippen LogP contribution in [0.25, 0.3) is 33.2 Å². The lowest BCUT2D eigenvalue weighted by atomic mass is 9.94. The molecule has 1 fully saturated rings. The van der Waals surface area contributed by atoms with Crippen LogP contribution >= 0.6 is 0 Å². The number of carbonyl (C=O) groups is 2. The summed E-state index contributed by atoms with van der Waals surface area (Å²) in [5.74, 6) is 0.231. The first-order valence-corrected chi connectivity index (χ1v) is 13.0. The van der Waals surface area contributed by atoms with Crippen molar-refractivity contribution in [2.45, 2.75) is 31.3 Å². The van der Waals surface area contributed by atoms with Gasteiger partial charge in [0.1, 0.15) is 11.9 Å². The molecule has 2 heterocycles. The fourth-order valence-corrected chi connectivity index (χ4v) is 5.61. The highest BCUT2D eigenvalue weighted by Crippen LogP contribution is 2.35. The smallest absolute Gasteiger partial charge is 0.240 e. The van der Waals surface area contributed by atoms with Crippen molar-refractivity contribution in [1.82, 2.24) is 14.5 Å². The van der Waals surface area contributed by atoms with E-state index in [0.29, 0.717) is 25.8 Å². The van der Waals surface area contributed by atoms with Crippen molar-refractivity contribution in [3.8, 4) is 11.4 Å². The molecular weight excluding hydrogens is 472 g/mol. The van der Waals surface area contributed by atoms with Crippen LogP contribution in [0, 0.1) is 6.42 Å². The minimum Gasteiger partial charge on any atom is -0.368 e. The van der Waals surface area contributed by atoms with Crippen LogP contribution in [0.4, 0.5) is 0 Å². The molecule has 2 atom stereocenters. The first-order chi connectivity index (χ1) is 18.6. The monoisotopic (exact) mass is 501 g/mol. The molecule has 189 valence electrons.